The molecule has 1 aromatic rings. The van der Waals surface area contributed by atoms with E-state index >= 15 is 0 Å². The summed E-state index contributed by atoms with van der Waals surface area (Å²) in [5.41, 5.74) is 0.657. The summed E-state index contributed by atoms with van der Waals surface area (Å²) in [6.07, 6.45) is 3.06. The topological polar surface area (TPSA) is 63.5 Å². The fourth-order valence-corrected chi connectivity index (χ4v) is 2.10. The zero-order valence-corrected chi connectivity index (χ0v) is 12.2. The molecule has 108 valence electrons. The van der Waals surface area contributed by atoms with E-state index in [4.69, 9.17) is 0 Å². The lowest BCUT2D eigenvalue weighted by Gasteiger charge is -2.29. The first-order valence-electron chi connectivity index (χ1n) is 6.57. The minimum atomic E-state index is -0.451. The molecule has 0 atom stereocenters. The Labute approximate surface area is 119 Å². The maximum Gasteiger partial charge on any atom is 0.270 e. The Morgan fingerprint density at radius 1 is 1.25 bits per heavy atom. The molecule has 1 rings (SSSR count). The molecule has 0 aliphatic rings. The summed E-state index contributed by atoms with van der Waals surface area (Å²) in [7, 11) is 0. The van der Waals surface area contributed by atoms with Crippen LogP contribution in [0.4, 0.5) is 5.69 Å². The third kappa shape index (κ3) is 4.19. The first kappa shape index (κ1) is 15.9. The predicted octanol–water partition coefficient (Wildman–Crippen LogP) is 3.25. The number of nitrogens with zero attached hydrogens (tertiary/aromatic N) is 2. The number of hydrogen-bond acceptors (Lipinski definition) is 3. The highest BCUT2D eigenvalue weighted by atomic mass is 16.6. The van der Waals surface area contributed by atoms with E-state index in [2.05, 4.69) is 0 Å². The number of hydrogen-bond donors (Lipinski definition) is 0. The minimum absolute atomic E-state index is 0.0178. The van der Waals surface area contributed by atoms with Crippen molar-refractivity contribution < 1.29 is 9.72 Å². The van der Waals surface area contributed by atoms with E-state index < -0.39 is 4.92 Å². The average Bonchev–Trinajstić information content (AvgIpc) is 2.35. The number of carbonyl (C=O) groups is 1. The zero-order valence-electron chi connectivity index (χ0n) is 12.2. The molecule has 0 aliphatic heterocycles. The summed E-state index contributed by atoms with van der Waals surface area (Å²) in [4.78, 5) is 24.1. The van der Waals surface area contributed by atoms with Crippen molar-refractivity contribution in [1.82, 2.24) is 4.90 Å². The van der Waals surface area contributed by atoms with Gasteiger partial charge in [0.05, 0.1) is 4.92 Å². The largest absolute Gasteiger partial charge is 0.334 e. The predicted molar refractivity (Wildman–Crippen MR) is 79.2 cm³/mol. The van der Waals surface area contributed by atoms with Crippen LogP contribution >= 0.6 is 0 Å². The van der Waals surface area contributed by atoms with Crippen molar-refractivity contribution in [2.24, 2.45) is 0 Å². The number of nitro benzene ring substituents is 1. The van der Waals surface area contributed by atoms with Crippen LogP contribution < -0.4 is 0 Å². The van der Waals surface area contributed by atoms with Crippen LogP contribution in [0.25, 0.3) is 6.08 Å². The van der Waals surface area contributed by atoms with Gasteiger partial charge in [-0.2, -0.15) is 0 Å². The molecule has 0 unspecified atom stereocenters. The van der Waals surface area contributed by atoms with Gasteiger partial charge < -0.3 is 4.90 Å². The van der Waals surface area contributed by atoms with Crippen LogP contribution in [-0.2, 0) is 4.79 Å². The first-order valence-corrected chi connectivity index (χ1v) is 6.57. The monoisotopic (exact) mass is 276 g/mol. The van der Waals surface area contributed by atoms with Gasteiger partial charge in [0.25, 0.3) is 5.69 Å². The smallest absolute Gasteiger partial charge is 0.270 e. The Morgan fingerprint density at radius 2 is 1.85 bits per heavy atom. The van der Waals surface area contributed by atoms with Crippen molar-refractivity contribution in [2.45, 2.75) is 39.8 Å². The number of benzene rings is 1. The molecule has 0 aliphatic carbocycles. The van der Waals surface area contributed by atoms with Crippen LogP contribution in [-0.4, -0.2) is 27.8 Å². The Hall–Kier alpha value is -2.17. The lowest BCUT2D eigenvalue weighted by Crippen LogP contribution is -2.41. The molecule has 5 heteroatoms. The lowest BCUT2D eigenvalue weighted by atomic mass is 10.1. The van der Waals surface area contributed by atoms with Crippen LogP contribution in [0.15, 0.2) is 30.3 Å². The van der Waals surface area contributed by atoms with Gasteiger partial charge in [0.1, 0.15) is 0 Å². The van der Waals surface area contributed by atoms with Crippen molar-refractivity contribution in [3.05, 3.63) is 46.0 Å². The molecule has 0 aromatic heterocycles. The molecule has 0 spiro atoms. The Balaban J connectivity index is 2.89. The third-order valence-corrected chi connectivity index (χ3v) is 2.87. The third-order valence-electron chi connectivity index (χ3n) is 2.87. The second-order valence-electron chi connectivity index (χ2n) is 5.12. The normalized spacial score (nSPS) is 11.3. The van der Waals surface area contributed by atoms with Crippen LogP contribution in [0.3, 0.4) is 0 Å². The molecule has 0 saturated carbocycles. The molecule has 5 nitrogen and oxygen atoms in total. The Morgan fingerprint density at radius 3 is 2.35 bits per heavy atom. The van der Waals surface area contributed by atoms with Crippen molar-refractivity contribution in [3.8, 4) is 0 Å². The SMILES string of the molecule is CC(C)N(C(=O)/C=C\c1cccc([N+](=O)[O-])c1)C(C)C. The quantitative estimate of drug-likeness (QED) is 0.471. The van der Waals surface area contributed by atoms with E-state index in [-0.39, 0.29) is 23.7 Å². The first-order chi connectivity index (χ1) is 9.32. The second-order valence-corrected chi connectivity index (χ2v) is 5.12. The van der Waals surface area contributed by atoms with Gasteiger partial charge in [-0.3, -0.25) is 14.9 Å². The lowest BCUT2D eigenvalue weighted by molar-refractivity contribution is -0.384. The highest BCUT2D eigenvalue weighted by Crippen LogP contribution is 2.15. The molecule has 20 heavy (non-hydrogen) atoms. The van der Waals surface area contributed by atoms with Gasteiger partial charge >= 0.3 is 0 Å². The van der Waals surface area contributed by atoms with Gasteiger partial charge in [0.2, 0.25) is 5.91 Å². The summed E-state index contributed by atoms with van der Waals surface area (Å²) in [5.74, 6) is -0.0958. The van der Waals surface area contributed by atoms with Gasteiger partial charge in [0, 0.05) is 30.3 Å². The van der Waals surface area contributed by atoms with Crippen molar-refractivity contribution in [2.75, 3.05) is 0 Å². The van der Waals surface area contributed by atoms with Crippen molar-refractivity contribution in [3.63, 3.8) is 0 Å². The Kier molecular flexibility index (Phi) is 5.43. The number of non-ortho nitro benzene ring substituents is 1. The van der Waals surface area contributed by atoms with Gasteiger partial charge in [-0.15, -0.1) is 0 Å². The summed E-state index contributed by atoms with van der Waals surface area (Å²) < 4.78 is 0. The number of nitro groups is 1. The maximum absolute atomic E-state index is 12.1. The van der Waals surface area contributed by atoms with Gasteiger partial charge in [-0.1, -0.05) is 12.1 Å². The number of rotatable bonds is 5. The van der Waals surface area contributed by atoms with Crippen LogP contribution in [0.1, 0.15) is 33.3 Å². The summed E-state index contributed by atoms with van der Waals surface area (Å²) in [6, 6.07) is 6.41. The molecular weight excluding hydrogens is 256 g/mol. The molecule has 0 radical (unpaired) electrons. The van der Waals surface area contributed by atoms with Gasteiger partial charge in [0.15, 0.2) is 0 Å². The molecule has 1 aromatic carbocycles. The molecule has 0 heterocycles. The van der Waals surface area contributed by atoms with E-state index in [0.717, 1.165) is 0 Å². The molecule has 0 saturated heterocycles. The van der Waals surface area contributed by atoms with Gasteiger partial charge in [-0.05, 0) is 39.3 Å². The molecule has 1 amide bonds. The van der Waals surface area contributed by atoms with E-state index in [9.17, 15) is 14.9 Å². The van der Waals surface area contributed by atoms with Crippen molar-refractivity contribution >= 4 is 17.7 Å². The summed E-state index contributed by atoms with van der Waals surface area (Å²) >= 11 is 0. The summed E-state index contributed by atoms with van der Waals surface area (Å²) in [5, 5.41) is 10.7. The summed E-state index contributed by atoms with van der Waals surface area (Å²) in [6.45, 7) is 7.83. The average molecular weight is 276 g/mol. The molecular formula is C15H20N2O3. The molecule has 0 fully saturated rings. The van der Waals surface area contributed by atoms with Crippen LogP contribution in [0.2, 0.25) is 0 Å². The van der Waals surface area contributed by atoms with Crippen LogP contribution in [0.5, 0.6) is 0 Å². The maximum atomic E-state index is 12.1. The zero-order chi connectivity index (χ0) is 15.3. The second kappa shape index (κ2) is 6.84. The van der Waals surface area contributed by atoms with Crippen LogP contribution in [0, 0.1) is 10.1 Å². The fourth-order valence-electron chi connectivity index (χ4n) is 2.10. The van der Waals surface area contributed by atoms with E-state index in [1.54, 1.807) is 23.1 Å². The van der Waals surface area contributed by atoms with Gasteiger partial charge in [-0.25, -0.2) is 0 Å². The van der Waals surface area contributed by atoms with Crippen molar-refractivity contribution in [1.29, 1.82) is 0 Å². The van der Waals surface area contributed by atoms with E-state index in [1.165, 1.54) is 18.2 Å². The highest BCUT2D eigenvalue weighted by molar-refractivity contribution is 5.92. The minimum Gasteiger partial charge on any atom is -0.334 e. The standard InChI is InChI=1S/C15H20N2O3/c1-11(2)16(12(3)4)15(18)9-8-13-6-5-7-14(10-13)17(19)20/h5-12H,1-4H3/b9-8-. The Bertz CT molecular complexity index is 514. The highest BCUT2D eigenvalue weighted by Gasteiger charge is 2.17. The van der Waals surface area contributed by atoms with E-state index in [0.29, 0.717) is 5.56 Å². The molecule has 0 bridgehead atoms. The number of amides is 1. The van der Waals surface area contributed by atoms with E-state index in [1.807, 2.05) is 27.7 Å². The fraction of sp³-hybridized carbons (Fsp3) is 0.400. The molecule has 0 N–H and O–H groups in total. The number of carbonyl (C=O) groups excluding carboxylic acids is 1.